The van der Waals surface area contributed by atoms with E-state index >= 15 is 0 Å². The van der Waals surface area contributed by atoms with Gasteiger partial charge in [0.1, 0.15) is 30.8 Å². The van der Waals surface area contributed by atoms with Gasteiger partial charge in [0.2, 0.25) is 5.79 Å². The first kappa shape index (κ1) is 39.1. The van der Waals surface area contributed by atoms with Crippen LogP contribution < -0.4 is 14.8 Å². The van der Waals surface area contributed by atoms with E-state index in [0.717, 1.165) is 54.5 Å². The molecule has 2 amide bonds. The zero-order valence-electron chi connectivity index (χ0n) is 30.9. The summed E-state index contributed by atoms with van der Waals surface area (Å²) in [6.45, 7) is 11.5. The minimum Gasteiger partial charge on any atom is -0.490 e. The highest BCUT2D eigenvalue weighted by atomic mass is 16.7. The fraction of sp³-hybridized carbons (Fsp3) is 0.524. The van der Waals surface area contributed by atoms with Crippen LogP contribution in [0.15, 0.2) is 90.6 Å². The van der Waals surface area contributed by atoms with Gasteiger partial charge in [-0.3, -0.25) is 0 Å². The van der Waals surface area contributed by atoms with Crippen molar-refractivity contribution < 1.29 is 34.1 Å². The molecule has 1 saturated carbocycles. The normalized spacial score (nSPS) is 25.2. The number of unbranched alkanes of at least 4 members (excludes halogenated alkanes) is 2. The lowest BCUT2D eigenvalue weighted by molar-refractivity contribution is -0.252. The summed E-state index contributed by atoms with van der Waals surface area (Å²) >= 11 is 0. The van der Waals surface area contributed by atoms with Gasteiger partial charge in [-0.2, -0.15) is 0 Å². The van der Waals surface area contributed by atoms with E-state index in [1.165, 1.54) is 0 Å². The second kappa shape index (κ2) is 19.1. The molecule has 0 radical (unpaired) electrons. The maximum Gasteiger partial charge on any atom is 0.317 e. The molecule has 282 valence electrons. The smallest absolute Gasteiger partial charge is 0.317 e. The van der Waals surface area contributed by atoms with Crippen molar-refractivity contribution in [3.05, 3.63) is 96.6 Å². The average Bonchev–Trinajstić information content (AvgIpc) is 3.17. The van der Waals surface area contributed by atoms with Gasteiger partial charge in [0.15, 0.2) is 0 Å². The molecule has 3 aliphatic rings. The van der Waals surface area contributed by atoms with Crippen LogP contribution in [0.5, 0.6) is 11.5 Å². The molecule has 6 atom stereocenters. The number of ether oxygens (including phenoxy) is 3. The second-order valence-electron chi connectivity index (χ2n) is 14.0. The molecule has 1 heterocycles. The van der Waals surface area contributed by atoms with Gasteiger partial charge < -0.3 is 39.5 Å². The van der Waals surface area contributed by atoms with Crippen LogP contribution in [-0.4, -0.2) is 78.7 Å². The largest absolute Gasteiger partial charge is 0.490 e. The van der Waals surface area contributed by atoms with Crippen LogP contribution in [0.25, 0.3) is 0 Å². The standard InChI is InChI=1S/C42H57N3O7/c1-5-21-43-41(48)45(4)38-28-36(44-51-29-30-15-9-8-10-16-30)34-26-31(17-11-13-22-46)33(18-12-14-23-47)39-35-27-32(49-24-6-2)19-20-37(35)52-42(38,40(34)39)50-25-7-3/h6-10,15-16,19-20,26-27,31,33,38-40,46-47H,2-3,5,11-14,17-18,21-25,28-29H2,1,4H3,(H,43,48). The van der Waals surface area contributed by atoms with E-state index in [4.69, 9.17) is 24.2 Å². The van der Waals surface area contributed by atoms with Crippen molar-refractivity contribution in [3.63, 3.8) is 0 Å². The van der Waals surface area contributed by atoms with Gasteiger partial charge in [-0.15, -0.1) is 6.58 Å². The van der Waals surface area contributed by atoms with Crippen LogP contribution in [0.2, 0.25) is 0 Å². The van der Waals surface area contributed by atoms with Crippen molar-refractivity contribution >= 4 is 11.7 Å². The van der Waals surface area contributed by atoms with Gasteiger partial charge >= 0.3 is 6.03 Å². The van der Waals surface area contributed by atoms with E-state index in [1.54, 1.807) is 24.1 Å². The summed E-state index contributed by atoms with van der Waals surface area (Å²) in [7, 11) is 1.80. The highest BCUT2D eigenvalue weighted by molar-refractivity contribution is 6.03. The van der Waals surface area contributed by atoms with E-state index < -0.39 is 11.8 Å². The zero-order valence-corrected chi connectivity index (χ0v) is 30.9. The molecule has 1 fully saturated rings. The zero-order chi connectivity index (χ0) is 36.9. The van der Waals surface area contributed by atoms with Gasteiger partial charge in [-0.05, 0) is 73.3 Å². The van der Waals surface area contributed by atoms with Crippen LogP contribution in [0.1, 0.15) is 75.3 Å². The number of carbonyl (C=O) groups excluding carboxylic acids is 1. The van der Waals surface area contributed by atoms with Crippen LogP contribution in [0.4, 0.5) is 4.79 Å². The Balaban J connectivity index is 1.73. The third kappa shape index (κ3) is 8.73. The topological polar surface area (TPSA) is 122 Å². The molecule has 52 heavy (non-hydrogen) atoms. The van der Waals surface area contributed by atoms with Crippen molar-refractivity contribution in [1.82, 2.24) is 10.2 Å². The lowest BCUT2D eigenvalue weighted by Gasteiger charge is -2.59. The molecule has 2 aromatic rings. The molecular weight excluding hydrogens is 658 g/mol. The summed E-state index contributed by atoms with van der Waals surface area (Å²) in [5, 5.41) is 27.5. The van der Waals surface area contributed by atoms with E-state index in [2.05, 4.69) is 30.6 Å². The summed E-state index contributed by atoms with van der Waals surface area (Å²) in [6, 6.07) is 15.1. The van der Waals surface area contributed by atoms with Crippen LogP contribution in [-0.2, 0) is 16.2 Å². The predicted octanol–water partition coefficient (Wildman–Crippen LogP) is 7.14. The van der Waals surface area contributed by atoms with Crippen LogP contribution >= 0.6 is 0 Å². The summed E-state index contributed by atoms with van der Waals surface area (Å²) in [6.07, 6.45) is 11.8. The van der Waals surface area contributed by atoms with Crippen molar-refractivity contribution in [1.29, 1.82) is 0 Å². The number of nitrogens with zero attached hydrogens (tertiary/aromatic N) is 2. The number of nitrogens with one attached hydrogen (secondary N) is 1. The van der Waals surface area contributed by atoms with Crippen LogP contribution in [0.3, 0.4) is 0 Å². The number of oxime groups is 1. The number of likely N-dealkylation sites (N-methyl/N-ethyl adjacent to an activating group) is 1. The van der Waals surface area contributed by atoms with E-state index in [-0.39, 0.29) is 49.5 Å². The third-order valence-electron chi connectivity index (χ3n) is 10.6. The Morgan fingerprint density at radius 2 is 1.81 bits per heavy atom. The molecule has 10 nitrogen and oxygen atoms in total. The first-order valence-corrected chi connectivity index (χ1v) is 18.9. The number of fused-ring (bicyclic) bond motifs is 2. The number of allylic oxidation sites excluding steroid dienone is 1. The molecular formula is C42H57N3O7. The minimum absolute atomic E-state index is 0.118. The van der Waals surface area contributed by atoms with Gasteiger partial charge in [0.05, 0.1) is 18.2 Å². The van der Waals surface area contributed by atoms with Crippen molar-refractivity contribution in [2.75, 3.05) is 40.0 Å². The van der Waals surface area contributed by atoms with Gasteiger partial charge in [-0.1, -0.05) is 80.1 Å². The quantitative estimate of drug-likeness (QED) is 0.0757. The lowest BCUT2D eigenvalue weighted by Crippen LogP contribution is -2.70. The SMILES string of the molecule is C=CCOc1ccc2c(c1)C1C(CCCCO)C(CCCCO)C=C3C(=NOCc4ccccc4)CC(N(C)C(=O)NCCC)C(OCC=C)(O2)C31. The van der Waals surface area contributed by atoms with E-state index in [1.807, 2.05) is 49.4 Å². The fourth-order valence-electron chi connectivity index (χ4n) is 8.23. The number of rotatable bonds is 20. The summed E-state index contributed by atoms with van der Waals surface area (Å²) < 4.78 is 20.1. The Bertz CT molecular complexity index is 1550. The van der Waals surface area contributed by atoms with Gasteiger partial charge in [0, 0.05) is 44.7 Å². The Hall–Kier alpha value is -4.12. The van der Waals surface area contributed by atoms with E-state index in [9.17, 15) is 15.0 Å². The monoisotopic (exact) mass is 715 g/mol. The van der Waals surface area contributed by atoms with E-state index in [0.29, 0.717) is 50.5 Å². The summed E-state index contributed by atoms with van der Waals surface area (Å²) in [4.78, 5) is 21.6. The predicted molar refractivity (Wildman–Crippen MR) is 203 cm³/mol. The molecule has 2 aliphatic carbocycles. The number of hydrogen-bond donors (Lipinski definition) is 3. The number of amides is 2. The first-order chi connectivity index (χ1) is 25.4. The Labute approximate surface area is 309 Å². The minimum atomic E-state index is -1.29. The molecule has 1 aliphatic heterocycles. The third-order valence-corrected chi connectivity index (χ3v) is 10.6. The van der Waals surface area contributed by atoms with Crippen molar-refractivity contribution in [2.24, 2.45) is 22.9 Å². The van der Waals surface area contributed by atoms with Gasteiger partial charge in [0.25, 0.3) is 0 Å². The highest BCUT2D eigenvalue weighted by Gasteiger charge is 2.65. The Kier molecular flexibility index (Phi) is 14.4. The van der Waals surface area contributed by atoms with Crippen molar-refractivity contribution in [2.45, 2.75) is 82.6 Å². The highest BCUT2D eigenvalue weighted by Crippen LogP contribution is 2.61. The number of urea groups is 1. The molecule has 0 bridgehead atoms. The maximum absolute atomic E-state index is 13.8. The number of carbonyl (C=O) groups is 1. The molecule has 0 spiro atoms. The number of benzene rings is 2. The summed E-state index contributed by atoms with van der Waals surface area (Å²) in [5.74, 6) is -0.103. The van der Waals surface area contributed by atoms with Gasteiger partial charge in [-0.25, -0.2) is 4.79 Å². The van der Waals surface area contributed by atoms with Crippen molar-refractivity contribution in [3.8, 4) is 11.5 Å². The fourth-order valence-corrected chi connectivity index (χ4v) is 8.23. The Morgan fingerprint density at radius 1 is 1.06 bits per heavy atom. The summed E-state index contributed by atoms with van der Waals surface area (Å²) in [5.41, 5.74) is 3.77. The molecule has 3 N–H and O–H groups in total. The molecule has 10 heteroatoms. The second-order valence-corrected chi connectivity index (χ2v) is 14.0. The maximum atomic E-state index is 13.8. The molecule has 0 aromatic heterocycles. The molecule has 6 unspecified atom stereocenters. The number of hydrogen-bond acceptors (Lipinski definition) is 8. The Morgan fingerprint density at radius 3 is 2.52 bits per heavy atom. The molecule has 5 rings (SSSR count). The first-order valence-electron chi connectivity index (χ1n) is 18.9. The molecule has 0 saturated heterocycles. The lowest BCUT2D eigenvalue weighted by atomic mass is 9.55. The number of aliphatic hydroxyl groups excluding tert-OH is 2. The number of aliphatic hydroxyl groups is 2. The van der Waals surface area contributed by atoms with Crippen LogP contribution in [0, 0.1) is 17.8 Å². The molecule has 2 aromatic carbocycles. The average molecular weight is 716 g/mol.